The van der Waals surface area contributed by atoms with Crippen LogP contribution in [0.25, 0.3) is 10.9 Å². The molecule has 0 unspecified atom stereocenters. The first-order valence-electron chi connectivity index (χ1n) is 9.76. The number of hydrogen-bond acceptors (Lipinski definition) is 4. The Morgan fingerprint density at radius 3 is 2.71 bits per heavy atom. The van der Waals surface area contributed by atoms with Gasteiger partial charge in [-0.3, -0.25) is 9.59 Å². The van der Waals surface area contributed by atoms with Crippen molar-refractivity contribution in [2.75, 3.05) is 0 Å². The number of carbonyl (C=O) groups is 2. The molecule has 1 aliphatic heterocycles. The number of hydrazone groups is 1. The van der Waals surface area contributed by atoms with Crippen LogP contribution in [0.1, 0.15) is 42.0 Å². The van der Waals surface area contributed by atoms with Gasteiger partial charge < -0.3 is 5.11 Å². The zero-order chi connectivity index (χ0) is 22.1. The van der Waals surface area contributed by atoms with Gasteiger partial charge in [-0.2, -0.15) is 5.10 Å². The van der Waals surface area contributed by atoms with E-state index < -0.39 is 12.0 Å². The summed E-state index contributed by atoms with van der Waals surface area (Å²) in [7, 11) is 0. The first kappa shape index (κ1) is 21.5. The van der Waals surface area contributed by atoms with Crippen LogP contribution < -0.4 is 0 Å². The summed E-state index contributed by atoms with van der Waals surface area (Å²) in [5.41, 5.74) is 4.13. The Kier molecular flexibility index (Phi) is 6.07. The normalized spacial score (nSPS) is 15.9. The molecule has 0 spiro atoms. The lowest BCUT2D eigenvalue weighted by Crippen LogP contribution is -2.27. The van der Waals surface area contributed by atoms with Gasteiger partial charge in [0.25, 0.3) is 0 Å². The summed E-state index contributed by atoms with van der Waals surface area (Å²) < 4.78 is 0.904. The summed E-state index contributed by atoms with van der Waals surface area (Å²) >= 11 is 10.0. The molecule has 4 rings (SSSR count). The molecule has 0 saturated carbocycles. The Bertz CT molecular complexity index is 1230. The second-order valence-corrected chi connectivity index (χ2v) is 8.70. The molecule has 1 aliphatic rings. The molecule has 1 amide bonds. The van der Waals surface area contributed by atoms with Gasteiger partial charge in [0.2, 0.25) is 5.91 Å². The van der Waals surface area contributed by atoms with Crippen molar-refractivity contribution in [2.24, 2.45) is 5.10 Å². The Hall–Kier alpha value is -2.77. The molecule has 0 fully saturated rings. The molecule has 0 aliphatic carbocycles. The van der Waals surface area contributed by atoms with Crippen LogP contribution in [0.2, 0.25) is 5.15 Å². The zero-order valence-electron chi connectivity index (χ0n) is 16.7. The molecular formula is C23H19BrClN3O3. The van der Waals surface area contributed by atoms with Crippen LogP contribution >= 0.6 is 27.5 Å². The number of carbonyl (C=O) groups excluding carboxylic acids is 1. The van der Waals surface area contributed by atoms with E-state index in [2.05, 4.69) is 26.0 Å². The second kappa shape index (κ2) is 8.77. The number of hydrogen-bond donors (Lipinski definition) is 1. The fraction of sp³-hybridized carbons (Fsp3) is 0.217. The monoisotopic (exact) mass is 499 g/mol. The highest BCUT2D eigenvalue weighted by atomic mass is 79.9. The minimum Gasteiger partial charge on any atom is -0.481 e. The molecule has 0 bridgehead atoms. The van der Waals surface area contributed by atoms with Crippen molar-refractivity contribution in [3.05, 3.63) is 74.8 Å². The summed E-state index contributed by atoms with van der Waals surface area (Å²) in [4.78, 5) is 28.4. The summed E-state index contributed by atoms with van der Waals surface area (Å²) in [6.45, 7) is 1.97. The lowest BCUT2D eigenvalue weighted by Gasteiger charge is -2.23. The average molecular weight is 501 g/mol. The van der Waals surface area contributed by atoms with Crippen molar-refractivity contribution in [1.29, 1.82) is 0 Å². The van der Waals surface area contributed by atoms with Crippen LogP contribution in [0.5, 0.6) is 0 Å². The Balaban J connectivity index is 1.76. The first-order chi connectivity index (χ1) is 14.8. The second-order valence-electron chi connectivity index (χ2n) is 7.42. The van der Waals surface area contributed by atoms with E-state index in [0.29, 0.717) is 17.1 Å². The minimum atomic E-state index is -1.03. The number of aliphatic carboxylic acids is 1. The predicted molar refractivity (Wildman–Crippen MR) is 123 cm³/mol. The molecule has 0 saturated heterocycles. The molecular weight excluding hydrogens is 482 g/mol. The largest absolute Gasteiger partial charge is 0.481 e. The van der Waals surface area contributed by atoms with E-state index >= 15 is 0 Å². The van der Waals surface area contributed by atoms with E-state index in [-0.39, 0.29) is 18.7 Å². The topological polar surface area (TPSA) is 82.9 Å². The van der Waals surface area contributed by atoms with Crippen molar-refractivity contribution < 1.29 is 14.7 Å². The van der Waals surface area contributed by atoms with Gasteiger partial charge in [0, 0.05) is 28.3 Å². The van der Waals surface area contributed by atoms with E-state index in [4.69, 9.17) is 16.7 Å². The molecule has 1 N–H and O–H groups in total. The third-order valence-electron chi connectivity index (χ3n) is 5.26. The number of carboxylic acids is 1. The van der Waals surface area contributed by atoms with E-state index in [9.17, 15) is 9.59 Å². The number of aromatic nitrogens is 1. The van der Waals surface area contributed by atoms with E-state index in [1.165, 1.54) is 5.01 Å². The Morgan fingerprint density at radius 2 is 1.97 bits per heavy atom. The molecule has 6 nitrogen and oxygen atoms in total. The van der Waals surface area contributed by atoms with Crippen LogP contribution in [0.3, 0.4) is 0 Å². The van der Waals surface area contributed by atoms with Crippen LogP contribution in [-0.2, 0) is 9.59 Å². The first-order valence-corrected chi connectivity index (χ1v) is 10.9. The molecule has 2 heterocycles. The number of benzene rings is 2. The SMILES string of the molecule is Cc1cccc2cc([C@@H]3CC(c4cccc(Br)c4)=NN3C(=O)CCC(=O)O)c(Cl)nc12. The van der Waals surface area contributed by atoms with Crippen LogP contribution in [0.4, 0.5) is 0 Å². The smallest absolute Gasteiger partial charge is 0.303 e. The number of nitrogens with zero attached hydrogens (tertiary/aromatic N) is 3. The maximum absolute atomic E-state index is 12.9. The van der Waals surface area contributed by atoms with Gasteiger partial charge in [0.15, 0.2) is 0 Å². The standard InChI is InChI=1S/C23H19BrClN3O3/c1-13-4-2-6-15-11-17(23(25)26-22(13)15)19-12-18(14-5-3-7-16(24)10-14)27-28(19)20(29)8-9-21(30)31/h2-7,10-11,19H,8-9,12H2,1H3,(H,30,31)/t19-/m0/s1. The molecule has 0 radical (unpaired) electrons. The van der Waals surface area contributed by atoms with Gasteiger partial charge in [-0.25, -0.2) is 9.99 Å². The Labute approximate surface area is 192 Å². The van der Waals surface area contributed by atoms with E-state index in [1.54, 1.807) is 0 Å². The van der Waals surface area contributed by atoms with Crippen LogP contribution in [-0.4, -0.2) is 32.7 Å². The van der Waals surface area contributed by atoms with Crippen molar-refractivity contribution in [3.8, 4) is 0 Å². The van der Waals surface area contributed by atoms with Gasteiger partial charge in [-0.05, 0) is 36.2 Å². The number of aryl methyl sites for hydroxylation is 1. The number of carboxylic acid groups (broad SMARTS) is 1. The highest BCUT2D eigenvalue weighted by Gasteiger charge is 2.35. The third-order valence-corrected chi connectivity index (χ3v) is 6.06. The molecule has 31 heavy (non-hydrogen) atoms. The number of rotatable bonds is 5. The number of amides is 1. The van der Waals surface area contributed by atoms with Crippen molar-refractivity contribution >= 4 is 56.0 Å². The summed E-state index contributed by atoms with van der Waals surface area (Å²) in [5.74, 6) is -1.39. The van der Waals surface area contributed by atoms with Crippen molar-refractivity contribution in [3.63, 3.8) is 0 Å². The van der Waals surface area contributed by atoms with Crippen LogP contribution in [0.15, 0.2) is 58.1 Å². The van der Waals surface area contributed by atoms with Gasteiger partial charge in [-0.15, -0.1) is 0 Å². The molecule has 158 valence electrons. The summed E-state index contributed by atoms with van der Waals surface area (Å²) in [6, 6.07) is 15.0. The van der Waals surface area contributed by atoms with Gasteiger partial charge in [0.1, 0.15) is 5.15 Å². The number of fused-ring (bicyclic) bond motifs is 1. The van der Waals surface area contributed by atoms with Crippen molar-refractivity contribution in [2.45, 2.75) is 32.2 Å². The molecule has 1 aromatic heterocycles. The number of para-hydroxylation sites is 1. The predicted octanol–water partition coefficient (Wildman–Crippen LogP) is 5.50. The van der Waals surface area contributed by atoms with Gasteiger partial charge >= 0.3 is 5.97 Å². The number of halogens is 2. The zero-order valence-corrected chi connectivity index (χ0v) is 19.0. The molecule has 2 aromatic carbocycles. The number of pyridine rings is 1. The molecule has 3 aromatic rings. The lowest BCUT2D eigenvalue weighted by atomic mass is 9.98. The third kappa shape index (κ3) is 4.48. The maximum atomic E-state index is 12.9. The minimum absolute atomic E-state index is 0.140. The van der Waals surface area contributed by atoms with Gasteiger partial charge in [-0.1, -0.05) is 57.9 Å². The highest BCUT2D eigenvalue weighted by Crippen LogP contribution is 2.38. The van der Waals surface area contributed by atoms with Crippen molar-refractivity contribution in [1.82, 2.24) is 9.99 Å². The fourth-order valence-corrected chi connectivity index (χ4v) is 4.39. The summed E-state index contributed by atoms with van der Waals surface area (Å²) in [5, 5.41) is 16.2. The molecule has 8 heteroatoms. The average Bonchev–Trinajstić information content (AvgIpc) is 3.17. The van der Waals surface area contributed by atoms with Crippen LogP contribution in [0, 0.1) is 6.92 Å². The quantitative estimate of drug-likeness (QED) is 0.469. The highest BCUT2D eigenvalue weighted by molar-refractivity contribution is 9.10. The van der Waals surface area contributed by atoms with E-state index in [1.807, 2.05) is 55.5 Å². The van der Waals surface area contributed by atoms with Gasteiger partial charge in [0.05, 0.1) is 23.7 Å². The maximum Gasteiger partial charge on any atom is 0.303 e. The van der Waals surface area contributed by atoms with E-state index in [0.717, 1.165) is 32.2 Å². The lowest BCUT2D eigenvalue weighted by molar-refractivity contribution is -0.141. The molecule has 1 atom stereocenters. The fourth-order valence-electron chi connectivity index (χ4n) is 3.73. The Morgan fingerprint density at radius 1 is 1.19 bits per heavy atom. The summed E-state index contributed by atoms with van der Waals surface area (Å²) in [6.07, 6.45) is 0.0551.